The summed E-state index contributed by atoms with van der Waals surface area (Å²) in [7, 11) is 0. The molecule has 158 valence electrons. The fourth-order valence-corrected chi connectivity index (χ4v) is 3.91. The highest BCUT2D eigenvalue weighted by Gasteiger charge is 2.27. The number of benzene rings is 2. The second-order valence-electron chi connectivity index (χ2n) is 7.71. The van der Waals surface area contributed by atoms with Gasteiger partial charge in [-0.2, -0.15) is 0 Å². The van der Waals surface area contributed by atoms with Gasteiger partial charge in [0.1, 0.15) is 19.3 Å². The molecule has 2 N–H and O–H groups in total. The number of amides is 1. The summed E-state index contributed by atoms with van der Waals surface area (Å²) in [6.07, 6.45) is 4.74. The summed E-state index contributed by atoms with van der Waals surface area (Å²) in [5.41, 5.74) is 1.66. The lowest BCUT2D eigenvalue weighted by Crippen LogP contribution is -2.46. The number of nitrogens with zero attached hydrogens (tertiary/aromatic N) is 1. The van der Waals surface area contributed by atoms with Crippen LogP contribution in [0, 0.1) is 0 Å². The molecule has 0 bridgehead atoms. The van der Waals surface area contributed by atoms with Gasteiger partial charge in [0, 0.05) is 12.6 Å². The number of aliphatic hydroxyl groups excluding tert-OH is 1. The van der Waals surface area contributed by atoms with E-state index in [-0.39, 0.29) is 5.91 Å². The Hall–Kier alpha value is -2.83. The third-order valence-electron chi connectivity index (χ3n) is 5.50. The summed E-state index contributed by atoms with van der Waals surface area (Å²) in [4.78, 5) is 14.9. The fourth-order valence-electron chi connectivity index (χ4n) is 3.91. The molecule has 1 fully saturated rings. The summed E-state index contributed by atoms with van der Waals surface area (Å²) in [6.45, 7) is 3.59. The van der Waals surface area contributed by atoms with Crippen molar-refractivity contribution in [1.29, 1.82) is 0 Å². The number of likely N-dealkylation sites (tertiary alicyclic amines) is 1. The van der Waals surface area contributed by atoms with E-state index in [2.05, 4.69) is 10.2 Å². The molecule has 0 aliphatic carbocycles. The average molecular weight is 408 g/mol. The molecule has 2 aromatic carbocycles. The van der Waals surface area contributed by atoms with Gasteiger partial charge < -0.3 is 24.8 Å². The predicted molar refractivity (Wildman–Crippen MR) is 115 cm³/mol. The number of rotatable bonds is 7. The maximum Gasteiger partial charge on any atom is 0.244 e. The SMILES string of the molecule is O=C(/C=C/c1ccccc1)N[C@H](CN1CCCC1)[C@H](O)c1ccc2c(c1)OCCO2. The molecule has 0 unspecified atom stereocenters. The van der Waals surface area contributed by atoms with Crippen LogP contribution in [-0.2, 0) is 4.79 Å². The Labute approximate surface area is 177 Å². The molecule has 30 heavy (non-hydrogen) atoms. The first kappa shape index (κ1) is 20.4. The standard InChI is InChI=1S/C24H28N2O4/c27-23(11-8-18-6-2-1-3-7-18)25-20(17-26-12-4-5-13-26)24(28)19-9-10-21-22(16-19)30-15-14-29-21/h1-3,6-11,16,20,24,28H,4-5,12-15,17H2,(H,25,27)/b11-8+/t20-,24-/m1/s1. The van der Waals surface area contributed by atoms with Crippen molar-refractivity contribution in [3.8, 4) is 11.5 Å². The number of ether oxygens (including phenoxy) is 2. The zero-order valence-corrected chi connectivity index (χ0v) is 17.0. The van der Waals surface area contributed by atoms with Crippen molar-refractivity contribution in [3.05, 3.63) is 65.7 Å². The number of carbonyl (C=O) groups excluding carboxylic acids is 1. The number of hydrogen-bond donors (Lipinski definition) is 2. The summed E-state index contributed by atoms with van der Waals surface area (Å²) < 4.78 is 11.2. The molecule has 2 aliphatic rings. The van der Waals surface area contributed by atoms with Crippen LogP contribution < -0.4 is 14.8 Å². The van der Waals surface area contributed by atoms with Gasteiger partial charge in [0.15, 0.2) is 11.5 Å². The monoisotopic (exact) mass is 408 g/mol. The summed E-state index contributed by atoms with van der Waals surface area (Å²) >= 11 is 0. The van der Waals surface area contributed by atoms with Crippen molar-refractivity contribution < 1.29 is 19.4 Å². The van der Waals surface area contributed by atoms with Gasteiger partial charge in [-0.1, -0.05) is 36.4 Å². The van der Waals surface area contributed by atoms with Crippen LogP contribution in [0.4, 0.5) is 0 Å². The Morgan fingerprint density at radius 3 is 2.57 bits per heavy atom. The lowest BCUT2D eigenvalue weighted by atomic mass is 10.0. The maximum atomic E-state index is 12.6. The highest BCUT2D eigenvalue weighted by Crippen LogP contribution is 2.33. The van der Waals surface area contributed by atoms with Gasteiger partial charge in [-0.3, -0.25) is 4.79 Å². The highest BCUT2D eigenvalue weighted by molar-refractivity contribution is 5.92. The molecule has 1 amide bonds. The summed E-state index contributed by atoms with van der Waals surface area (Å²) in [6, 6.07) is 14.7. The normalized spacial score (nSPS) is 18.3. The third kappa shape index (κ3) is 5.20. The number of carbonyl (C=O) groups is 1. The van der Waals surface area contributed by atoms with Crippen LogP contribution in [0.2, 0.25) is 0 Å². The minimum absolute atomic E-state index is 0.223. The fraction of sp³-hybridized carbons (Fsp3) is 0.375. The van der Waals surface area contributed by atoms with Gasteiger partial charge in [0.2, 0.25) is 5.91 Å². The second-order valence-corrected chi connectivity index (χ2v) is 7.71. The first-order chi connectivity index (χ1) is 14.7. The van der Waals surface area contributed by atoms with Crippen molar-refractivity contribution in [2.45, 2.75) is 25.0 Å². The minimum Gasteiger partial charge on any atom is -0.486 e. The van der Waals surface area contributed by atoms with E-state index in [1.165, 1.54) is 6.08 Å². The number of aliphatic hydroxyl groups is 1. The minimum atomic E-state index is -0.851. The molecule has 2 aromatic rings. The molecule has 0 radical (unpaired) electrons. The predicted octanol–water partition coefficient (Wildman–Crippen LogP) is 2.79. The average Bonchev–Trinajstić information content (AvgIpc) is 3.30. The van der Waals surface area contributed by atoms with Crippen LogP contribution >= 0.6 is 0 Å². The molecule has 2 heterocycles. The molecule has 4 rings (SSSR count). The maximum absolute atomic E-state index is 12.6. The van der Waals surface area contributed by atoms with Gasteiger partial charge in [0.25, 0.3) is 0 Å². The Morgan fingerprint density at radius 2 is 1.80 bits per heavy atom. The largest absolute Gasteiger partial charge is 0.486 e. The van der Waals surface area contributed by atoms with Crippen molar-refractivity contribution in [2.75, 3.05) is 32.8 Å². The molecular weight excluding hydrogens is 380 g/mol. The van der Waals surface area contributed by atoms with E-state index in [1.807, 2.05) is 48.5 Å². The molecule has 2 aliphatic heterocycles. The van der Waals surface area contributed by atoms with Gasteiger partial charge in [0.05, 0.1) is 6.04 Å². The molecular formula is C24H28N2O4. The van der Waals surface area contributed by atoms with E-state index in [0.29, 0.717) is 36.8 Å². The quantitative estimate of drug-likeness (QED) is 0.690. The molecule has 2 atom stereocenters. The summed E-state index contributed by atoms with van der Waals surface area (Å²) in [5.74, 6) is 1.09. The molecule has 6 heteroatoms. The smallest absolute Gasteiger partial charge is 0.244 e. The zero-order chi connectivity index (χ0) is 20.8. The zero-order valence-electron chi connectivity index (χ0n) is 17.0. The van der Waals surface area contributed by atoms with E-state index in [9.17, 15) is 9.90 Å². The number of fused-ring (bicyclic) bond motifs is 1. The summed E-state index contributed by atoms with van der Waals surface area (Å²) in [5, 5.41) is 14.1. The highest BCUT2D eigenvalue weighted by atomic mass is 16.6. The van der Waals surface area contributed by atoms with Crippen LogP contribution in [0.1, 0.15) is 30.1 Å². The molecule has 6 nitrogen and oxygen atoms in total. The number of hydrogen-bond acceptors (Lipinski definition) is 5. The Balaban J connectivity index is 1.48. The van der Waals surface area contributed by atoms with Crippen molar-refractivity contribution >= 4 is 12.0 Å². The van der Waals surface area contributed by atoms with Crippen LogP contribution in [0.15, 0.2) is 54.6 Å². The van der Waals surface area contributed by atoms with E-state index >= 15 is 0 Å². The van der Waals surface area contributed by atoms with Crippen LogP contribution in [0.25, 0.3) is 6.08 Å². The Morgan fingerprint density at radius 1 is 1.07 bits per heavy atom. The Bertz CT molecular complexity index is 878. The van der Waals surface area contributed by atoms with Gasteiger partial charge in [-0.25, -0.2) is 0 Å². The van der Waals surface area contributed by atoms with Gasteiger partial charge in [-0.05, 0) is 55.3 Å². The molecule has 0 spiro atoms. The molecule has 0 aromatic heterocycles. The van der Waals surface area contributed by atoms with Gasteiger partial charge >= 0.3 is 0 Å². The van der Waals surface area contributed by atoms with E-state index < -0.39 is 12.1 Å². The van der Waals surface area contributed by atoms with Crippen molar-refractivity contribution in [3.63, 3.8) is 0 Å². The Kier molecular flexibility index (Phi) is 6.67. The third-order valence-corrected chi connectivity index (χ3v) is 5.50. The van der Waals surface area contributed by atoms with Gasteiger partial charge in [-0.15, -0.1) is 0 Å². The second kappa shape index (κ2) is 9.78. The van der Waals surface area contributed by atoms with Crippen molar-refractivity contribution in [1.82, 2.24) is 10.2 Å². The molecule has 0 saturated carbocycles. The van der Waals surface area contributed by atoms with Crippen LogP contribution in [-0.4, -0.2) is 54.8 Å². The van der Waals surface area contributed by atoms with E-state index in [0.717, 1.165) is 31.5 Å². The number of nitrogens with one attached hydrogen (secondary N) is 1. The van der Waals surface area contributed by atoms with E-state index in [1.54, 1.807) is 6.08 Å². The van der Waals surface area contributed by atoms with Crippen LogP contribution in [0.3, 0.4) is 0 Å². The lowest BCUT2D eigenvalue weighted by molar-refractivity contribution is -0.118. The first-order valence-electron chi connectivity index (χ1n) is 10.5. The van der Waals surface area contributed by atoms with E-state index in [4.69, 9.17) is 9.47 Å². The lowest BCUT2D eigenvalue weighted by Gasteiger charge is -2.29. The van der Waals surface area contributed by atoms with Crippen molar-refractivity contribution in [2.24, 2.45) is 0 Å². The van der Waals surface area contributed by atoms with Crippen LogP contribution in [0.5, 0.6) is 11.5 Å². The topological polar surface area (TPSA) is 71.0 Å². The first-order valence-corrected chi connectivity index (χ1v) is 10.5. The molecule has 1 saturated heterocycles.